The van der Waals surface area contributed by atoms with Gasteiger partial charge in [-0.15, -0.1) is 5.10 Å². The summed E-state index contributed by atoms with van der Waals surface area (Å²) in [5, 5.41) is 17.5. The summed E-state index contributed by atoms with van der Waals surface area (Å²) in [6.45, 7) is 6.02. The summed E-state index contributed by atoms with van der Waals surface area (Å²) in [6.07, 6.45) is 3.82. The van der Waals surface area contributed by atoms with Gasteiger partial charge in [0.15, 0.2) is 11.4 Å². The van der Waals surface area contributed by atoms with Gasteiger partial charge in [-0.05, 0) is 67.5 Å². The fourth-order valence-corrected chi connectivity index (χ4v) is 10.1. The fraction of sp³-hybridized carbons (Fsp3) is 0.394. The summed E-state index contributed by atoms with van der Waals surface area (Å²) in [5.41, 5.74) is 1.63. The average molecular weight is 711 g/mol. The number of carbonyl (C=O) groups excluding carboxylic acids is 1. The van der Waals surface area contributed by atoms with E-state index in [0.717, 1.165) is 21.3 Å². The van der Waals surface area contributed by atoms with E-state index in [4.69, 9.17) is 9.47 Å². The molecule has 6 rings (SSSR count). The molecule has 2 aromatic carbocycles. The van der Waals surface area contributed by atoms with Crippen LogP contribution in [0.25, 0.3) is 5.69 Å². The van der Waals surface area contributed by atoms with Gasteiger partial charge in [0.2, 0.25) is 8.41 Å². The van der Waals surface area contributed by atoms with E-state index in [0.29, 0.717) is 30.8 Å². The van der Waals surface area contributed by atoms with Gasteiger partial charge >= 0.3 is 0 Å². The number of fused-ring (bicyclic) bond motifs is 2. The highest BCUT2D eigenvalue weighted by Crippen LogP contribution is 2.60. The first-order valence-electron chi connectivity index (χ1n) is 15.3. The number of carbonyl (C=O) groups is 1. The second kappa shape index (κ2) is 12.5. The van der Waals surface area contributed by atoms with Crippen molar-refractivity contribution in [1.82, 2.24) is 19.6 Å². The molecular formula is C33H37BrFN5O5Si. The quantitative estimate of drug-likeness (QED) is 0.179. The largest absolute Gasteiger partial charge is 0.491 e. The highest BCUT2D eigenvalue weighted by atomic mass is 79.9. The van der Waals surface area contributed by atoms with Crippen molar-refractivity contribution in [1.29, 1.82) is 0 Å². The number of ether oxygens (including phenoxy) is 2. The molecule has 0 radical (unpaired) electrons. The van der Waals surface area contributed by atoms with Crippen LogP contribution in [0.2, 0.25) is 18.6 Å². The normalized spacial score (nSPS) is 22.5. The van der Waals surface area contributed by atoms with Gasteiger partial charge in [-0.2, -0.15) is 0 Å². The molecule has 1 fully saturated rings. The maximum absolute atomic E-state index is 16.2. The number of aliphatic hydroxyl groups is 1. The van der Waals surface area contributed by atoms with Crippen LogP contribution >= 0.6 is 15.9 Å². The van der Waals surface area contributed by atoms with E-state index in [1.165, 1.54) is 11.7 Å². The first-order valence-corrected chi connectivity index (χ1v) is 19.1. The minimum absolute atomic E-state index is 0.0197. The summed E-state index contributed by atoms with van der Waals surface area (Å²) in [5.74, 6) is -0.382. The fourth-order valence-electron chi connectivity index (χ4n) is 7.16. The Hall–Kier alpha value is -3.65. The second-order valence-electron chi connectivity index (χ2n) is 12.5. The van der Waals surface area contributed by atoms with Crippen LogP contribution in [-0.2, 0) is 34.6 Å². The monoisotopic (exact) mass is 709 g/mol. The molecule has 0 unspecified atom stereocenters. The summed E-state index contributed by atoms with van der Waals surface area (Å²) in [6, 6.07) is 16.6. The molecule has 4 heterocycles. The van der Waals surface area contributed by atoms with Gasteiger partial charge in [-0.25, -0.2) is 0 Å². The van der Waals surface area contributed by atoms with Gasteiger partial charge in [0.1, 0.15) is 0 Å². The first-order chi connectivity index (χ1) is 22.0. The number of methoxy groups -OCH3 is 1. The standard InChI is InChI=1S/C33H37BrFN5O5Si/c1-21-30(46(3,4)35)28(13-16-38-20-24(14-17-41)36-37-38)45-33(21)26-18-23(34)9-12-27(26)40(32(33)43)19-22-7-10-25(11-8-22)39-15-5-6-29(44-2)31(39)42/h5-12,15,18,20-21,28,30,41H,13-14,16-17,19H2,1-4H3/t21-,28+,30-,33+/m0/s1. The minimum atomic E-state index is -3.32. The molecule has 1 saturated heterocycles. The molecule has 13 heteroatoms. The lowest BCUT2D eigenvalue weighted by atomic mass is 9.82. The van der Waals surface area contributed by atoms with Crippen LogP contribution in [0.3, 0.4) is 0 Å². The van der Waals surface area contributed by atoms with Gasteiger partial charge in [0.25, 0.3) is 11.5 Å². The predicted octanol–water partition coefficient (Wildman–Crippen LogP) is 5.15. The number of pyridine rings is 1. The van der Waals surface area contributed by atoms with Crippen LogP contribution in [0.5, 0.6) is 5.75 Å². The van der Waals surface area contributed by atoms with Crippen LogP contribution in [0, 0.1) is 5.92 Å². The lowest BCUT2D eigenvalue weighted by Gasteiger charge is -2.31. The molecule has 242 valence electrons. The molecule has 0 bridgehead atoms. The Balaban J connectivity index is 1.31. The lowest BCUT2D eigenvalue weighted by Crippen LogP contribution is -2.45. The SMILES string of the molecule is COc1cccn(-c2ccc(CN3C(=O)[C@]4(O[C@H](CCn5cc(CCO)nn5)[C@@H]([Si](C)(C)F)[C@@H]4C)c4cc(Br)ccc43)cc2)c1=O. The minimum Gasteiger partial charge on any atom is -0.491 e. The number of aryl methyl sites for hydroxylation is 1. The van der Waals surface area contributed by atoms with Crippen LogP contribution in [0.15, 0.2) is 76.3 Å². The Morgan fingerprint density at radius 3 is 2.61 bits per heavy atom. The zero-order valence-electron chi connectivity index (χ0n) is 26.2. The number of amides is 1. The molecule has 0 saturated carbocycles. The molecule has 0 aliphatic carbocycles. The first kappa shape index (κ1) is 32.3. The third-order valence-electron chi connectivity index (χ3n) is 9.21. The number of aromatic nitrogens is 4. The molecule has 10 nitrogen and oxygen atoms in total. The second-order valence-corrected chi connectivity index (χ2v) is 17.2. The van der Waals surface area contributed by atoms with Crippen molar-refractivity contribution >= 4 is 35.9 Å². The molecule has 4 aromatic rings. The Kier molecular flexibility index (Phi) is 8.78. The highest BCUT2D eigenvalue weighted by molar-refractivity contribution is 9.10. The van der Waals surface area contributed by atoms with Crippen molar-refractivity contribution < 1.29 is 23.5 Å². The maximum Gasteiger partial charge on any atom is 0.297 e. The Morgan fingerprint density at radius 1 is 1.15 bits per heavy atom. The number of benzene rings is 2. The van der Waals surface area contributed by atoms with Crippen molar-refractivity contribution in [2.24, 2.45) is 5.92 Å². The number of nitrogens with zero attached hydrogens (tertiary/aromatic N) is 5. The van der Waals surface area contributed by atoms with E-state index in [1.807, 2.05) is 49.4 Å². The molecule has 46 heavy (non-hydrogen) atoms. The number of aliphatic hydroxyl groups excluding tert-OH is 1. The molecule has 1 spiro atoms. The van der Waals surface area contributed by atoms with E-state index in [-0.39, 0.29) is 30.4 Å². The Morgan fingerprint density at radius 2 is 1.91 bits per heavy atom. The molecule has 2 aliphatic rings. The molecule has 2 aromatic heterocycles. The zero-order valence-corrected chi connectivity index (χ0v) is 28.8. The summed E-state index contributed by atoms with van der Waals surface area (Å²) < 4.78 is 32.2. The van der Waals surface area contributed by atoms with E-state index < -0.39 is 31.6 Å². The van der Waals surface area contributed by atoms with Crippen LogP contribution < -0.4 is 15.2 Å². The van der Waals surface area contributed by atoms with Crippen molar-refractivity contribution in [3.8, 4) is 11.4 Å². The number of rotatable bonds is 10. The summed E-state index contributed by atoms with van der Waals surface area (Å²) >= 11 is 3.59. The van der Waals surface area contributed by atoms with E-state index in [9.17, 15) is 14.7 Å². The molecular weight excluding hydrogens is 673 g/mol. The lowest BCUT2D eigenvalue weighted by molar-refractivity contribution is -0.146. The smallest absolute Gasteiger partial charge is 0.297 e. The van der Waals surface area contributed by atoms with Crippen molar-refractivity contribution in [2.75, 3.05) is 18.6 Å². The topological polar surface area (TPSA) is 112 Å². The Labute approximate surface area is 276 Å². The molecule has 4 atom stereocenters. The van der Waals surface area contributed by atoms with Crippen LogP contribution in [0.1, 0.15) is 30.2 Å². The summed E-state index contributed by atoms with van der Waals surface area (Å²) in [4.78, 5) is 29.1. The van der Waals surface area contributed by atoms with Crippen molar-refractivity contribution in [3.05, 3.63) is 98.6 Å². The summed E-state index contributed by atoms with van der Waals surface area (Å²) in [7, 11) is -1.86. The number of hydrogen-bond acceptors (Lipinski definition) is 7. The van der Waals surface area contributed by atoms with Gasteiger partial charge in [0, 0.05) is 59.1 Å². The van der Waals surface area contributed by atoms with E-state index >= 15 is 4.11 Å². The van der Waals surface area contributed by atoms with Crippen molar-refractivity contribution in [3.63, 3.8) is 0 Å². The number of anilines is 1. The third kappa shape index (κ3) is 5.63. The molecule has 1 N–H and O–H groups in total. The van der Waals surface area contributed by atoms with Gasteiger partial charge < -0.3 is 23.6 Å². The van der Waals surface area contributed by atoms with Gasteiger partial charge in [-0.3, -0.25) is 18.8 Å². The van der Waals surface area contributed by atoms with Crippen LogP contribution in [0.4, 0.5) is 9.80 Å². The predicted molar refractivity (Wildman–Crippen MR) is 177 cm³/mol. The highest BCUT2D eigenvalue weighted by Gasteiger charge is 2.66. The number of halogens is 2. The Bertz CT molecular complexity index is 1810. The average Bonchev–Trinajstić information content (AvgIpc) is 3.66. The van der Waals surface area contributed by atoms with E-state index in [2.05, 4.69) is 26.2 Å². The van der Waals surface area contributed by atoms with Crippen molar-refractivity contribution in [2.45, 2.75) is 63.2 Å². The maximum atomic E-state index is 16.2. The number of hydrogen-bond donors (Lipinski definition) is 1. The van der Waals surface area contributed by atoms with Crippen LogP contribution in [-0.4, -0.2) is 58.8 Å². The molecule has 2 aliphatic heterocycles. The van der Waals surface area contributed by atoms with Gasteiger partial charge in [-0.1, -0.05) is 40.2 Å². The zero-order chi connectivity index (χ0) is 32.8. The molecule has 1 amide bonds. The van der Waals surface area contributed by atoms with Gasteiger partial charge in [0.05, 0.1) is 31.1 Å². The third-order valence-corrected chi connectivity index (χ3v) is 12.2. The van der Waals surface area contributed by atoms with E-state index in [1.54, 1.807) is 47.2 Å².